The normalized spacial score (nSPS) is 18.5. The summed E-state index contributed by atoms with van der Waals surface area (Å²) in [7, 11) is 0. The van der Waals surface area contributed by atoms with Gasteiger partial charge in [-0.05, 0) is 41.2 Å². The Kier molecular flexibility index (Phi) is 5.18. The van der Waals surface area contributed by atoms with Crippen LogP contribution in [-0.4, -0.2) is 23.4 Å². The van der Waals surface area contributed by atoms with Crippen molar-refractivity contribution >= 4 is 29.0 Å². The predicted octanol–water partition coefficient (Wildman–Crippen LogP) is 3.32. The summed E-state index contributed by atoms with van der Waals surface area (Å²) in [5.74, 6) is 1.04. The SMILES string of the molecule is O=C(NC(CCO)c1ccccc1)C1SCCc2sccc21. The zero-order valence-electron chi connectivity index (χ0n) is 12.2. The lowest BCUT2D eigenvalue weighted by molar-refractivity contribution is -0.121. The minimum Gasteiger partial charge on any atom is -0.396 e. The molecular formula is C17H19NO2S2. The number of benzene rings is 1. The van der Waals surface area contributed by atoms with Gasteiger partial charge in [-0.1, -0.05) is 30.3 Å². The number of aliphatic hydroxyl groups excluding tert-OH is 1. The van der Waals surface area contributed by atoms with E-state index in [1.807, 2.05) is 30.3 Å². The second-order valence-electron chi connectivity index (χ2n) is 5.28. The predicted molar refractivity (Wildman–Crippen MR) is 92.3 cm³/mol. The van der Waals surface area contributed by atoms with Crippen LogP contribution in [0.5, 0.6) is 0 Å². The highest BCUT2D eigenvalue weighted by Gasteiger charge is 2.29. The number of nitrogens with one attached hydrogen (secondary N) is 1. The molecule has 0 saturated heterocycles. The highest BCUT2D eigenvalue weighted by Crippen LogP contribution is 2.39. The Labute approximate surface area is 138 Å². The summed E-state index contributed by atoms with van der Waals surface area (Å²) in [5, 5.41) is 14.4. The highest BCUT2D eigenvalue weighted by molar-refractivity contribution is 8.00. The first-order valence-electron chi connectivity index (χ1n) is 7.43. The average Bonchev–Trinajstić information content (AvgIpc) is 3.03. The van der Waals surface area contributed by atoms with Gasteiger partial charge in [-0.3, -0.25) is 4.79 Å². The summed E-state index contributed by atoms with van der Waals surface area (Å²) in [6.45, 7) is 0.0569. The number of carbonyl (C=O) groups excluding carboxylic acids is 1. The summed E-state index contributed by atoms with van der Waals surface area (Å²) < 4.78 is 0. The molecule has 5 heteroatoms. The number of hydrogen-bond donors (Lipinski definition) is 2. The number of carbonyl (C=O) groups is 1. The molecule has 0 saturated carbocycles. The number of thioether (sulfide) groups is 1. The first-order chi connectivity index (χ1) is 10.8. The molecule has 2 heterocycles. The first-order valence-corrected chi connectivity index (χ1v) is 9.36. The van der Waals surface area contributed by atoms with Gasteiger partial charge in [-0.2, -0.15) is 0 Å². The molecule has 1 aromatic carbocycles. The molecule has 2 unspecified atom stereocenters. The molecular weight excluding hydrogens is 314 g/mol. The summed E-state index contributed by atoms with van der Waals surface area (Å²) in [4.78, 5) is 14.0. The summed E-state index contributed by atoms with van der Waals surface area (Å²) in [5.41, 5.74) is 2.20. The van der Waals surface area contributed by atoms with Gasteiger partial charge >= 0.3 is 0 Å². The number of aliphatic hydroxyl groups is 1. The zero-order chi connectivity index (χ0) is 15.4. The highest BCUT2D eigenvalue weighted by atomic mass is 32.2. The van der Waals surface area contributed by atoms with Gasteiger partial charge in [0.25, 0.3) is 0 Å². The first kappa shape index (κ1) is 15.6. The molecule has 0 fully saturated rings. The third-order valence-corrected chi connectivity index (χ3v) is 6.09. The van der Waals surface area contributed by atoms with Crippen LogP contribution in [0.3, 0.4) is 0 Å². The molecule has 2 N–H and O–H groups in total. The average molecular weight is 333 g/mol. The van der Waals surface area contributed by atoms with E-state index in [-0.39, 0.29) is 23.8 Å². The molecule has 3 rings (SSSR count). The van der Waals surface area contributed by atoms with Crippen LogP contribution in [0.15, 0.2) is 41.8 Å². The molecule has 2 atom stereocenters. The van der Waals surface area contributed by atoms with Gasteiger partial charge in [0.15, 0.2) is 0 Å². The van der Waals surface area contributed by atoms with Crippen LogP contribution >= 0.6 is 23.1 Å². The Morgan fingerprint density at radius 2 is 2.14 bits per heavy atom. The summed E-state index contributed by atoms with van der Waals surface area (Å²) in [6.07, 6.45) is 1.59. The quantitative estimate of drug-likeness (QED) is 0.882. The maximum Gasteiger partial charge on any atom is 0.238 e. The fourth-order valence-electron chi connectivity index (χ4n) is 2.75. The standard InChI is InChI=1S/C17H19NO2S2/c19-9-6-14(12-4-2-1-3-5-12)18-17(20)16-13-7-10-21-15(13)8-11-22-16/h1-5,7,10,14,16,19H,6,8-9,11H2,(H,18,20). The van der Waals surface area contributed by atoms with E-state index in [2.05, 4.69) is 16.8 Å². The molecule has 1 aliphatic heterocycles. The van der Waals surface area contributed by atoms with Crippen molar-refractivity contribution in [3.8, 4) is 0 Å². The van der Waals surface area contributed by atoms with Crippen LogP contribution in [0.2, 0.25) is 0 Å². The fourth-order valence-corrected chi connectivity index (χ4v) is 5.05. The third-order valence-electron chi connectivity index (χ3n) is 3.85. The lowest BCUT2D eigenvalue weighted by Crippen LogP contribution is -2.33. The van der Waals surface area contributed by atoms with Crippen molar-refractivity contribution in [3.63, 3.8) is 0 Å². The van der Waals surface area contributed by atoms with Crippen molar-refractivity contribution < 1.29 is 9.90 Å². The second-order valence-corrected chi connectivity index (χ2v) is 7.50. The Balaban J connectivity index is 1.75. The van der Waals surface area contributed by atoms with Gasteiger partial charge in [0, 0.05) is 11.5 Å². The number of amides is 1. The van der Waals surface area contributed by atoms with E-state index in [0.29, 0.717) is 6.42 Å². The van der Waals surface area contributed by atoms with Crippen molar-refractivity contribution in [3.05, 3.63) is 57.8 Å². The molecule has 1 amide bonds. The van der Waals surface area contributed by atoms with E-state index >= 15 is 0 Å². The van der Waals surface area contributed by atoms with Crippen molar-refractivity contribution in [2.24, 2.45) is 0 Å². The van der Waals surface area contributed by atoms with Crippen LogP contribution in [-0.2, 0) is 11.2 Å². The number of fused-ring (bicyclic) bond motifs is 1. The maximum atomic E-state index is 12.7. The molecule has 0 spiro atoms. The van der Waals surface area contributed by atoms with E-state index in [4.69, 9.17) is 0 Å². The zero-order valence-corrected chi connectivity index (χ0v) is 13.8. The number of rotatable bonds is 5. The van der Waals surface area contributed by atoms with Crippen molar-refractivity contribution in [2.75, 3.05) is 12.4 Å². The molecule has 0 radical (unpaired) electrons. The largest absolute Gasteiger partial charge is 0.396 e. The van der Waals surface area contributed by atoms with Crippen LogP contribution in [0.4, 0.5) is 0 Å². The lowest BCUT2D eigenvalue weighted by Gasteiger charge is -2.25. The minimum absolute atomic E-state index is 0.0478. The Morgan fingerprint density at radius 3 is 2.91 bits per heavy atom. The fraction of sp³-hybridized carbons (Fsp3) is 0.353. The van der Waals surface area contributed by atoms with E-state index in [1.165, 1.54) is 4.88 Å². The number of thiophene rings is 1. The van der Waals surface area contributed by atoms with E-state index < -0.39 is 0 Å². The van der Waals surface area contributed by atoms with Crippen LogP contribution in [0, 0.1) is 0 Å². The second kappa shape index (κ2) is 7.31. The molecule has 1 aliphatic rings. The summed E-state index contributed by atoms with van der Waals surface area (Å²) >= 11 is 3.44. The van der Waals surface area contributed by atoms with Crippen molar-refractivity contribution in [2.45, 2.75) is 24.1 Å². The monoisotopic (exact) mass is 333 g/mol. The topological polar surface area (TPSA) is 49.3 Å². The van der Waals surface area contributed by atoms with E-state index in [0.717, 1.165) is 23.3 Å². The number of aryl methyl sites for hydroxylation is 1. The third kappa shape index (κ3) is 3.37. The lowest BCUT2D eigenvalue weighted by atomic mass is 10.0. The molecule has 0 bridgehead atoms. The minimum atomic E-state index is -0.136. The molecule has 22 heavy (non-hydrogen) atoms. The molecule has 0 aliphatic carbocycles. The van der Waals surface area contributed by atoms with Gasteiger partial charge in [0.1, 0.15) is 5.25 Å². The Morgan fingerprint density at radius 1 is 1.32 bits per heavy atom. The van der Waals surface area contributed by atoms with Crippen LogP contribution < -0.4 is 5.32 Å². The van der Waals surface area contributed by atoms with Crippen LogP contribution in [0.1, 0.15) is 33.7 Å². The van der Waals surface area contributed by atoms with Crippen LogP contribution in [0.25, 0.3) is 0 Å². The number of hydrogen-bond acceptors (Lipinski definition) is 4. The molecule has 1 aromatic heterocycles. The Bertz CT molecular complexity index is 627. The Hall–Kier alpha value is -1.30. The molecule has 116 valence electrons. The maximum absolute atomic E-state index is 12.7. The smallest absolute Gasteiger partial charge is 0.238 e. The molecule has 2 aromatic rings. The van der Waals surface area contributed by atoms with Gasteiger partial charge in [0.05, 0.1) is 6.04 Å². The van der Waals surface area contributed by atoms with E-state index in [9.17, 15) is 9.90 Å². The van der Waals surface area contributed by atoms with Gasteiger partial charge in [-0.15, -0.1) is 23.1 Å². The summed E-state index contributed by atoms with van der Waals surface area (Å²) in [6, 6.07) is 11.8. The van der Waals surface area contributed by atoms with Crippen molar-refractivity contribution in [1.82, 2.24) is 5.32 Å². The van der Waals surface area contributed by atoms with Gasteiger partial charge in [-0.25, -0.2) is 0 Å². The molecule has 3 nitrogen and oxygen atoms in total. The van der Waals surface area contributed by atoms with Gasteiger partial charge in [0.2, 0.25) is 5.91 Å². The van der Waals surface area contributed by atoms with Gasteiger partial charge < -0.3 is 10.4 Å². The van der Waals surface area contributed by atoms with Crippen molar-refractivity contribution in [1.29, 1.82) is 0 Å². The van der Waals surface area contributed by atoms with E-state index in [1.54, 1.807) is 23.1 Å².